The lowest BCUT2D eigenvalue weighted by Gasteiger charge is -2.23. The van der Waals surface area contributed by atoms with Crippen molar-refractivity contribution in [2.75, 3.05) is 25.6 Å². The number of nitrogens with one attached hydrogen (secondary N) is 2. The van der Waals surface area contributed by atoms with Crippen LogP contribution in [0.3, 0.4) is 0 Å². The van der Waals surface area contributed by atoms with Crippen LogP contribution in [0.15, 0.2) is 30.3 Å². The SMILES string of the molecule is COc1ccc(-c2ccc3c(c2)CCNC3=O)c2c1OCC(=O)N2. The van der Waals surface area contributed by atoms with Crippen molar-refractivity contribution in [3.05, 3.63) is 41.5 Å². The maximum atomic E-state index is 11.9. The number of amides is 2. The van der Waals surface area contributed by atoms with Crippen molar-refractivity contribution in [1.82, 2.24) is 5.32 Å². The second-order valence-corrected chi connectivity index (χ2v) is 5.73. The van der Waals surface area contributed by atoms with E-state index in [0.717, 1.165) is 23.1 Å². The van der Waals surface area contributed by atoms with E-state index < -0.39 is 0 Å². The van der Waals surface area contributed by atoms with Gasteiger partial charge in [0.25, 0.3) is 11.8 Å². The number of hydrogen-bond acceptors (Lipinski definition) is 4. The lowest BCUT2D eigenvalue weighted by molar-refractivity contribution is -0.118. The summed E-state index contributed by atoms with van der Waals surface area (Å²) in [6.07, 6.45) is 0.788. The highest BCUT2D eigenvalue weighted by molar-refractivity contribution is 6.02. The molecule has 2 aromatic rings. The highest BCUT2D eigenvalue weighted by atomic mass is 16.5. The molecule has 0 spiro atoms. The third kappa shape index (κ3) is 2.27. The monoisotopic (exact) mass is 324 g/mol. The minimum Gasteiger partial charge on any atom is -0.493 e. The predicted molar refractivity (Wildman–Crippen MR) is 88.6 cm³/mol. The zero-order chi connectivity index (χ0) is 16.7. The van der Waals surface area contributed by atoms with Crippen molar-refractivity contribution >= 4 is 17.5 Å². The average Bonchev–Trinajstić information content (AvgIpc) is 2.60. The number of fused-ring (bicyclic) bond motifs is 2. The Morgan fingerprint density at radius 1 is 1.12 bits per heavy atom. The molecule has 2 aliphatic rings. The third-order valence-electron chi connectivity index (χ3n) is 4.29. The van der Waals surface area contributed by atoms with Gasteiger partial charge in [0.1, 0.15) is 0 Å². The quantitative estimate of drug-likeness (QED) is 0.885. The molecule has 6 nitrogen and oxygen atoms in total. The first-order valence-electron chi connectivity index (χ1n) is 7.72. The molecule has 0 aromatic heterocycles. The molecule has 24 heavy (non-hydrogen) atoms. The maximum Gasteiger partial charge on any atom is 0.262 e. The fourth-order valence-electron chi connectivity index (χ4n) is 3.14. The first-order chi connectivity index (χ1) is 11.7. The minimum absolute atomic E-state index is 0.0306. The molecular weight excluding hydrogens is 308 g/mol. The van der Waals surface area contributed by atoms with Gasteiger partial charge < -0.3 is 20.1 Å². The molecule has 4 rings (SSSR count). The molecule has 2 aromatic carbocycles. The van der Waals surface area contributed by atoms with Crippen LogP contribution in [0, 0.1) is 0 Å². The molecule has 2 N–H and O–H groups in total. The van der Waals surface area contributed by atoms with Gasteiger partial charge in [-0.1, -0.05) is 12.1 Å². The zero-order valence-electron chi connectivity index (χ0n) is 13.1. The van der Waals surface area contributed by atoms with E-state index >= 15 is 0 Å². The Morgan fingerprint density at radius 3 is 2.79 bits per heavy atom. The van der Waals surface area contributed by atoms with Crippen LogP contribution in [-0.2, 0) is 11.2 Å². The van der Waals surface area contributed by atoms with Crippen LogP contribution in [-0.4, -0.2) is 32.1 Å². The highest BCUT2D eigenvalue weighted by Gasteiger charge is 2.25. The summed E-state index contributed by atoms with van der Waals surface area (Å²) in [6.45, 7) is 0.604. The van der Waals surface area contributed by atoms with Crippen molar-refractivity contribution in [2.24, 2.45) is 0 Å². The molecule has 2 heterocycles. The molecule has 6 heteroatoms. The molecule has 2 aliphatic heterocycles. The third-order valence-corrected chi connectivity index (χ3v) is 4.29. The van der Waals surface area contributed by atoms with Crippen LogP contribution in [0.5, 0.6) is 11.5 Å². The number of methoxy groups -OCH3 is 1. The van der Waals surface area contributed by atoms with Gasteiger partial charge in [0, 0.05) is 17.7 Å². The molecule has 122 valence electrons. The van der Waals surface area contributed by atoms with Gasteiger partial charge in [-0.05, 0) is 35.7 Å². The summed E-state index contributed by atoms with van der Waals surface area (Å²) in [5.74, 6) is 0.863. The van der Waals surface area contributed by atoms with Gasteiger partial charge in [-0.2, -0.15) is 0 Å². The zero-order valence-corrected chi connectivity index (χ0v) is 13.1. The molecule has 0 bridgehead atoms. The number of carbonyl (C=O) groups excluding carboxylic acids is 2. The van der Waals surface area contributed by atoms with Crippen LogP contribution < -0.4 is 20.1 Å². The van der Waals surface area contributed by atoms with Gasteiger partial charge in [-0.25, -0.2) is 0 Å². The van der Waals surface area contributed by atoms with Crippen molar-refractivity contribution in [3.63, 3.8) is 0 Å². The van der Waals surface area contributed by atoms with Crippen molar-refractivity contribution in [3.8, 4) is 22.6 Å². The molecule has 0 saturated carbocycles. The first-order valence-corrected chi connectivity index (χ1v) is 7.72. The number of hydrogen-bond donors (Lipinski definition) is 2. The maximum absolute atomic E-state index is 11.9. The average molecular weight is 324 g/mol. The van der Waals surface area contributed by atoms with Crippen molar-refractivity contribution < 1.29 is 19.1 Å². The Hall–Kier alpha value is -3.02. The lowest BCUT2D eigenvalue weighted by atomic mass is 9.94. The minimum atomic E-state index is -0.200. The summed E-state index contributed by atoms with van der Waals surface area (Å²) in [5.41, 5.74) is 4.07. The molecule has 0 radical (unpaired) electrons. The van der Waals surface area contributed by atoms with E-state index in [0.29, 0.717) is 29.3 Å². The van der Waals surface area contributed by atoms with Crippen LogP contribution in [0.4, 0.5) is 5.69 Å². The molecular formula is C18H16N2O4. The van der Waals surface area contributed by atoms with Gasteiger partial charge in [0.2, 0.25) is 0 Å². The Labute approximate surface area is 138 Å². The molecule has 0 fully saturated rings. The second-order valence-electron chi connectivity index (χ2n) is 5.73. The van der Waals surface area contributed by atoms with Crippen LogP contribution in [0.1, 0.15) is 15.9 Å². The standard InChI is InChI=1S/C18H16N2O4/c1-23-14-5-4-12(16-17(14)24-9-15(21)20-16)10-2-3-13-11(8-10)6-7-19-18(13)22/h2-5,8H,6-7,9H2,1H3,(H,19,22)(H,20,21). The van der Waals surface area contributed by atoms with Crippen molar-refractivity contribution in [1.29, 1.82) is 0 Å². The lowest BCUT2D eigenvalue weighted by Crippen LogP contribution is -2.31. The molecule has 0 aliphatic carbocycles. The fraction of sp³-hybridized carbons (Fsp3) is 0.222. The van der Waals surface area contributed by atoms with Gasteiger partial charge >= 0.3 is 0 Å². The normalized spacial score (nSPS) is 15.5. The summed E-state index contributed by atoms with van der Waals surface area (Å²) < 4.78 is 10.9. The Kier molecular flexibility index (Phi) is 3.37. The van der Waals surface area contributed by atoms with E-state index in [-0.39, 0.29) is 18.4 Å². The van der Waals surface area contributed by atoms with E-state index in [1.807, 2.05) is 30.3 Å². The molecule has 2 amide bonds. The van der Waals surface area contributed by atoms with Gasteiger partial charge in [-0.15, -0.1) is 0 Å². The summed E-state index contributed by atoms with van der Waals surface area (Å²) in [5, 5.41) is 5.70. The van der Waals surface area contributed by atoms with Crippen molar-refractivity contribution in [2.45, 2.75) is 6.42 Å². The topological polar surface area (TPSA) is 76.7 Å². The summed E-state index contributed by atoms with van der Waals surface area (Å²) in [7, 11) is 1.56. The summed E-state index contributed by atoms with van der Waals surface area (Å²) in [4.78, 5) is 23.6. The fourth-order valence-corrected chi connectivity index (χ4v) is 3.14. The van der Waals surface area contributed by atoms with Gasteiger partial charge in [-0.3, -0.25) is 9.59 Å². The smallest absolute Gasteiger partial charge is 0.262 e. The van der Waals surface area contributed by atoms with E-state index in [1.165, 1.54) is 0 Å². The Morgan fingerprint density at radius 2 is 1.96 bits per heavy atom. The van der Waals surface area contributed by atoms with Crippen LogP contribution in [0.25, 0.3) is 11.1 Å². The summed E-state index contributed by atoms with van der Waals surface area (Å²) in [6, 6.07) is 9.40. The highest BCUT2D eigenvalue weighted by Crippen LogP contribution is 2.44. The van der Waals surface area contributed by atoms with E-state index in [9.17, 15) is 9.59 Å². The number of anilines is 1. The summed E-state index contributed by atoms with van der Waals surface area (Å²) >= 11 is 0. The molecule has 0 saturated heterocycles. The van der Waals surface area contributed by atoms with Gasteiger partial charge in [0.05, 0.1) is 12.8 Å². The Bertz CT molecular complexity index is 860. The van der Waals surface area contributed by atoms with E-state index in [1.54, 1.807) is 7.11 Å². The number of rotatable bonds is 2. The van der Waals surface area contributed by atoms with Gasteiger partial charge in [0.15, 0.2) is 18.1 Å². The largest absolute Gasteiger partial charge is 0.493 e. The molecule has 0 unspecified atom stereocenters. The van der Waals surface area contributed by atoms with Crippen LogP contribution in [0.2, 0.25) is 0 Å². The number of carbonyl (C=O) groups is 2. The second kappa shape index (κ2) is 5.56. The van der Waals surface area contributed by atoms with E-state index in [2.05, 4.69) is 10.6 Å². The number of benzene rings is 2. The number of ether oxygens (including phenoxy) is 2. The Balaban J connectivity index is 1.85. The molecule has 0 atom stereocenters. The van der Waals surface area contributed by atoms with E-state index in [4.69, 9.17) is 9.47 Å². The van der Waals surface area contributed by atoms with Crippen LogP contribution >= 0.6 is 0 Å². The first kappa shape index (κ1) is 14.6. The predicted octanol–water partition coefficient (Wildman–Crippen LogP) is 1.98.